The lowest BCUT2D eigenvalue weighted by molar-refractivity contribution is -0.138. The average molecular weight is 713 g/mol. The summed E-state index contributed by atoms with van der Waals surface area (Å²) >= 11 is 6.03. The van der Waals surface area contributed by atoms with E-state index in [4.69, 9.17) is 11.6 Å². The molecule has 4 amide bonds. The van der Waals surface area contributed by atoms with E-state index in [0.29, 0.717) is 36.8 Å². The van der Waals surface area contributed by atoms with E-state index in [1.54, 1.807) is 11.0 Å². The smallest absolute Gasteiger partial charge is 0.363 e. The highest BCUT2D eigenvalue weighted by Crippen LogP contribution is 2.41. The molecule has 1 atom stereocenters. The Bertz CT molecular complexity index is 1980. The standard InChI is InChI=1S/C34H29ClF4N6O5/c1-43(27-7-8-28(47)42-29(27)48)30(49)24-14-23(5-3-21(24)17-46)44-18-32(36,19-44)12-9-20-15-40-45(16-20)33(10-2-11-33)31(50)41-26-6-4-22(13-25(26)35)34(37,38)39/h3-6,13-17,27H,2,7-8,10-11,18-19H2,1H3,(H,41,50)(H,42,47,48). The molecule has 1 unspecified atom stereocenters. The number of aromatic nitrogens is 2. The molecule has 3 fully saturated rings. The molecule has 2 aliphatic heterocycles. The topological polar surface area (TPSA) is 134 Å². The monoisotopic (exact) mass is 712 g/mol. The molecule has 3 heterocycles. The minimum absolute atomic E-state index is 0.0223. The second-order valence-electron chi connectivity index (χ2n) is 12.5. The van der Waals surface area contributed by atoms with Gasteiger partial charge in [0.25, 0.3) is 11.8 Å². The van der Waals surface area contributed by atoms with Gasteiger partial charge in [-0.2, -0.15) is 18.3 Å². The average Bonchev–Trinajstić information content (AvgIpc) is 3.50. The molecule has 1 aromatic heterocycles. The van der Waals surface area contributed by atoms with E-state index >= 15 is 4.39 Å². The molecular formula is C34H29ClF4N6O5. The zero-order valence-electron chi connectivity index (χ0n) is 26.4. The highest BCUT2D eigenvalue weighted by molar-refractivity contribution is 6.33. The fraction of sp³-hybridized carbons (Fsp3) is 0.353. The van der Waals surface area contributed by atoms with Crippen LogP contribution < -0.4 is 15.5 Å². The molecule has 1 aliphatic carbocycles. The first-order valence-corrected chi connectivity index (χ1v) is 15.9. The van der Waals surface area contributed by atoms with Gasteiger partial charge in [-0.3, -0.25) is 34.0 Å². The number of alkyl halides is 4. The zero-order chi connectivity index (χ0) is 36.0. The van der Waals surface area contributed by atoms with Crippen molar-refractivity contribution in [3.8, 4) is 11.8 Å². The number of piperidine rings is 1. The van der Waals surface area contributed by atoms with Crippen molar-refractivity contribution in [2.24, 2.45) is 0 Å². The molecule has 0 spiro atoms. The van der Waals surface area contributed by atoms with Gasteiger partial charge in [-0.15, -0.1) is 0 Å². The van der Waals surface area contributed by atoms with E-state index in [9.17, 15) is 37.1 Å². The number of benzene rings is 2. The van der Waals surface area contributed by atoms with Crippen LogP contribution in [0.5, 0.6) is 0 Å². The molecule has 6 rings (SSSR count). The lowest BCUT2D eigenvalue weighted by atomic mass is 9.76. The van der Waals surface area contributed by atoms with Gasteiger partial charge in [-0.1, -0.05) is 23.4 Å². The maximum atomic E-state index is 15.6. The van der Waals surface area contributed by atoms with Crippen LogP contribution >= 0.6 is 11.6 Å². The summed E-state index contributed by atoms with van der Waals surface area (Å²) in [6, 6.07) is 6.22. The third-order valence-electron chi connectivity index (χ3n) is 9.24. The molecule has 11 nitrogen and oxygen atoms in total. The van der Waals surface area contributed by atoms with Gasteiger partial charge in [0.1, 0.15) is 11.6 Å². The first-order valence-electron chi connectivity index (χ1n) is 15.5. The Morgan fingerprint density at radius 2 is 1.90 bits per heavy atom. The minimum atomic E-state index is -4.59. The summed E-state index contributed by atoms with van der Waals surface area (Å²) in [5.41, 5.74) is -3.06. The minimum Gasteiger partial charge on any atom is -0.363 e. The number of imide groups is 1. The summed E-state index contributed by atoms with van der Waals surface area (Å²) in [4.78, 5) is 65.0. The summed E-state index contributed by atoms with van der Waals surface area (Å²) < 4.78 is 56.1. The van der Waals surface area contributed by atoms with Crippen LogP contribution in [-0.4, -0.2) is 76.4 Å². The molecule has 0 radical (unpaired) electrons. The van der Waals surface area contributed by atoms with Gasteiger partial charge >= 0.3 is 6.18 Å². The maximum Gasteiger partial charge on any atom is 0.416 e. The Morgan fingerprint density at radius 3 is 2.52 bits per heavy atom. The molecule has 3 aromatic rings. The quantitative estimate of drug-likeness (QED) is 0.161. The lowest BCUT2D eigenvalue weighted by Crippen LogP contribution is -2.58. The van der Waals surface area contributed by atoms with Gasteiger partial charge < -0.3 is 15.1 Å². The number of aldehydes is 1. The molecule has 2 aromatic carbocycles. The number of rotatable bonds is 7. The number of hydrogen-bond donors (Lipinski definition) is 2. The highest BCUT2D eigenvalue weighted by atomic mass is 35.5. The van der Waals surface area contributed by atoms with E-state index in [0.717, 1.165) is 18.2 Å². The molecule has 3 aliphatic rings. The normalized spacial score (nSPS) is 19.2. The number of hydrogen-bond acceptors (Lipinski definition) is 7. The predicted octanol–water partition coefficient (Wildman–Crippen LogP) is 4.34. The zero-order valence-corrected chi connectivity index (χ0v) is 27.2. The number of likely N-dealkylation sites (N-methyl/N-ethyl adjacent to an activating group) is 1. The van der Waals surface area contributed by atoms with Crippen LogP contribution in [0.4, 0.5) is 28.9 Å². The third-order valence-corrected chi connectivity index (χ3v) is 9.55. The van der Waals surface area contributed by atoms with Gasteiger partial charge in [0.2, 0.25) is 17.5 Å². The maximum absolute atomic E-state index is 15.6. The molecule has 2 N–H and O–H groups in total. The van der Waals surface area contributed by atoms with Crippen LogP contribution in [0.15, 0.2) is 48.8 Å². The number of halogens is 5. The fourth-order valence-electron chi connectivity index (χ4n) is 6.14. The van der Waals surface area contributed by atoms with Gasteiger partial charge in [0.05, 0.1) is 46.7 Å². The van der Waals surface area contributed by atoms with Crippen molar-refractivity contribution in [2.75, 3.05) is 30.4 Å². The first-order chi connectivity index (χ1) is 23.6. The number of amides is 4. The van der Waals surface area contributed by atoms with Crippen LogP contribution in [0, 0.1) is 11.8 Å². The molecular weight excluding hydrogens is 684 g/mol. The summed E-state index contributed by atoms with van der Waals surface area (Å²) in [6.07, 6.45) is 0.548. The Morgan fingerprint density at radius 1 is 1.16 bits per heavy atom. The number of carbonyl (C=O) groups excluding carboxylic acids is 5. The van der Waals surface area contributed by atoms with Crippen molar-refractivity contribution in [3.63, 3.8) is 0 Å². The van der Waals surface area contributed by atoms with Crippen LogP contribution in [0.25, 0.3) is 0 Å². The largest absolute Gasteiger partial charge is 0.416 e. The van der Waals surface area contributed by atoms with Crippen LogP contribution in [0.1, 0.15) is 63.9 Å². The highest BCUT2D eigenvalue weighted by Gasteiger charge is 2.47. The Labute approximate surface area is 287 Å². The Kier molecular flexibility index (Phi) is 8.94. The molecule has 1 saturated carbocycles. The molecule has 16 heteroatoms. The Hall–Kier alpha value is -5.23. The van der Waals surface area contributed by atoms with Gasteiger partial charge in [0.15, 0.2) is 6.29 Å². The first kappa shape index (κ1) is 34.6. The number of nitrogens with zero attached hydrogens (tertiary/aromatic N) is 4. The van der Waals surface area contributed by atoms with Gasteiger partial charge in [-0.05, 0) is 62.1 Å². The fourth-order valence-corrected chi connectivity index (χ4v) is 6.37. The molecule has 50 heavy (non-hydrogen) atoms. The molecule has 0 bridgehead atoms. The van der Waals surface area contributed by atoms with E-state index in [-0.39, 0.29) is 47.8 Å². The van der Waals surface area contributed by atoms with E-state index in [1.165, 1.54) is 41.2 Å². The van der Waals surface area contributed by atoms with Crippen molar-refractivity contribution in [3.05, 3.63) is 76.1 Å². The van der Waals surface area contributed by atoms with E-state index < -0.39 is 52.6 Å². The summed E-state index contributed by atoms with van der Waals surface area (Å²) in [7, 11) is 1.41. The van der Waals surface area contributed by atoms with Crippen molar-refractivity contribution in [2.45, 2.75) is 55.5 Å². The molecule has 260 valence electrons. The summed E-state index contributed by atoms with van der Waals surface area (Å²) in [6.45, 7) is -0.295. The van der Waals surface area contributed by atoms with E-state index in [1.807, 2.05) is 0 Å². The van der Waals surface area contributed by atoms with Gasteiger partial charge in [-0.25, -0.2) is 4.39 Å². The van der Waals surface area contributed by atoms with Crippen molar-refractivity contribution in [1.29, 1.82) is 0 Å². The lowest BCUT2D eigenvalue weighted by Gasteiger charge is -2.43. The third kappa shape index (κ3) is 6.55. The van der Waals surface area contributed by atoms with Crippen LogP contribution in [0.2, 0.25) is 5.02 Å². The number of carbonyl (C=O) groups is 5. The predicted molar refractivity (Wildman–Crippen MR) is 172 cm³/mol. The summed E-state index contributed by atoms with van der Waals surface area (Å²) in [5.74, 6) is 3.22. The number of anilines is 2. The van der Waals surface area contributed by atoms with Gasteiger partial charge in [0, 0.05) is 30.9 Å². The van der Waals surface area contributed by atoms with Crippen molar-refractivity contribution in [1.82, 2.24) is 20.0 Å². The van der Waals surface area contributed by atoms with E-state index in [2.05, 4.69) is 27.6 Å². The molecule has 2 saturated heterocycles. The number of nitrogens with one attached hydrogen (secondary N) is 2. The van der Waals surface area contributed by atoms with Crippen LogP contribution in [-0.2, 0) is 26.1 Å². The second kappa shape index (κ2) is 12.9. The van der Waals surface area contributed by atoms with Crippen molar-refractivity contribution < 1.29 is 41.5 Å². The Balaban J connectivity index is 1.12. The summed E-state index contributed by atoms with van der Waals surface area (Å²) in [5, 5.41) is 8.82. The van der Waals surface area contributed by atoms with Crippen LogP contribution in [0.3, 0.4) is 0 Å². The SMILES string of the molecule is CN(C(=O)c1cc(N2CC(F)(C#Cc3cnn(C4(C(=O)Nc5ccc(C(F)(F)F)cc5Cl)CCC4)c3)C2)ccc1C=O)C1CCC(=O)NC1=O. The second-order valence-corrected chi connectivity index (χ2v) is 13.0. The van der Waals surface area contributed by atoms with Crippen molar-refractivity contribution >= 4 is 52.9 Å².